The molecule has 1 aromatic rings. The molecule has 0 aliphatic carbocycles. The van der Waals surface area contributed by atoms with Gasteiger partial charge in [-0.15, -0.1) is 0 Å². The molecule has 0 radical (unpaired) electrons. The molecule has 0 amide bonds. The smallest absolute Gasteiger partial charge is 0.240 e. The first-order valence-corrected chi connectivity index (χ1v) is 5.38. The summed E-state index contributed by atoms with van der Waals surface area (Å²) in [6.07, 6.45) is 0. The predicted molar refractivity (Wildman–Crippen MR) is 53.5 cm³/mol. The van der Waals surface area contributed by atoms with Gasteiger partial charge in [0.05, 0.1) is 12.8 Å². The lowest BCUT2D eigenvalue weighted by molar-refractivity contribution is 0.410. The van der Waals surface area contributed by atoms with Crippen molar-refractivity contribution >= 4 is 15.7 Å². The molecule has 0 aliphatic rings. The Labute approximate surface area is 82.7 Å². The molecule has 0 atom stereocenters. The topological polar surface area (TPSA) is 95.4 Å². The van der Waals surface area contributed by atoms with Gasteiger partial charge in [0.2, 0.25) is 10.0 Å². The highest BCUT2D eigenvalue weighted by atomic mass is 32.2. The Kier molecular flexibility index (Phi) is 2.68. The van der Waals surface area contributed by atoms with Crippen LogP contribution in [0.3, 0.4) is 0 Å². The summed E-state index contributed by atoms with van der Waals surface area (Å²) < 4.78 is 27.1. The van der Waals surface area contributed by atoms with E-state index < -0.39 is 10.0 Å². The van der Waals surface area contributed by atoms with Crippen LogP contribution >= 0.6 is 0 Å². The fourth-order valence-corrected chi connectivity index (χ4v) is 1.82. The number of hydrogen-bond donors (Lipinski definition) is 2. The van der Waals surface area contributed by atoms with Crippen LogP contribution in [0.2, 0.25) is 0 Å². The normalized spacial score (nSPS) is 11.4. The zero-order valence-electron chi connectivity index (χ0n) is 7.94. The van der Waals surface area contributed by atoms with Crippen LogP contribution in [0.5, 0.6) is 5.75 Å². The molecule has 4 N–H and O–H groups in total. The number of ether oxygens (including phenoxy) is 1. The lowest BCUT2D eigenvalue weighted by atomic mass is 10.2. The summed E-state index contributed by atoms with van der Waals surface area (Å²) in [7, 11) is -2.34. The molecule has 14 heavy (non-hydrogen) atoms. The van der Waals surface area contributed by atoms with Crippen molar-refractivity contribution in [2.24, 2.45) is 5.14 Å². The van der Waals surface area contributed by atoms with Crippen molar-refractivity contribution in [2.75, 3.05) is 12.8 Å². The van der Waals surface area contributed by atoms with Gasteiger partial charge in [-0.05, 0) is 18.6 Å². The summed E-state index contributed by atoms with van der Waals surface area (Å²) in [5, 5.41) is 4.97. The van der Waals surface area contributed by atoms with E-state index in [2.05, 4.69) is 0 Å². The Morgan fingerprint density at radius 3 is 2.36 bits per heavy atom. The standard InChI is InChI=1S/C8H12N2O3S/c1-5-3-6(9)8(14(10,11)12)4-7(5)13-2/h3-4H,9H2,1-2H3,(H2,10,11,12). The van der Waals surface area contributed by atoms with E-state index in [1.807, 2.05) is 0 Å². The van der Waals surface area contributed by atoms with Gasteiger partial charge in [-0.2, -0.15) is 0 Å². The van der Waals surface area contributed by atoms with Crippen LogP contribution in [0.25, 0.3) is 0 Å². The van der Waals surface area contributed by atoms with E-state index in [1.165, 1.54) is 19.2 Å². The molecule has 0 bridgehead atoms. The van der Waals surface area contributed by atoms with Gasteiger partial charge < -0.3 is 10.5 Å². The molecule has 1 rings (SSSR count). The zero-order chi connectivity index (χ0) is 10.9. The average molecular weight is 216 g/mol. The summed E-state index contributed by atoms with van der Waals surface area (Å²) >= 11 is 0. The number of benzene rings is 1. The number of nitrogens with two attached hydrogens (primary N) is 2. The Hall–Kier alpha value is -1.27. The maximum absolute atomic E-state index is 11.1. The van der Waals surface area contributed by atoms with Crippen LogP contribution in [-0.2, 0) is 10.0 Å². The van der Waals surface area contributed by atoms with Crippen molar-refractivity contribution in [3.05, 3.63) is 17.7 Å². The Balaban J connectivity index is 3.47. The third-order valence-corrected chi connectivity index (χ3v) is 2.80. The van der Waals surface area contributed by atoms with Gasteiger partial charge in [0.25, 0.3) is 0 Å². The third-order valence-electron chi connectivity index (χ3n) is 1.83. The van der Waals surface area contributed by atoms with E-state index in [9.17, 15) is 8.42 Å². The molecule has 78 valence electrons. The number of rotatable bonds is 2. The van der Waals surface area contributed by atoms with E-state index in [-0.39, 0.29) is 10.6 Å². The first-order chi connectivity index (χ1) is 6.36. The molecule has 5 nitrogen and oxygen atoms in total. The van der Waals surface area contributed by atoms with E-state index in [4.69, 9.17) is 15.6 Å². The second kappa shape index (κ2) is 3.47. The van der Waals surface area contributed by atoms with Gasteiger partial charge in [0.1, 0.15) is 10.6 Å². The van der Waals surface area contributed by atoms with E-state index in [0.29, 0.717) is 5.75 Å². The summed E-state index contributed by atoms with van der Waals surface area (Å²) in [4.78, 5) is -0.111. The number of nitrogen functional groups attached to an aromatic ring is 1. The maximum Gasteiger partial charge on any atom is 0.240 e. The molecule has 0 spiro atoms. The van der Waals surface area contributed by atoms with Crippen LogP contribution in [0.1, 0.15) is 5.56 Å². The van der Waals surface area contributed by atoms with Gasteiger partial charge in [-0.3, -0.25) is 0 Å². The highest BCUT2D eigenvalue weighted by Crippen LogP contribution is 2.26. The highest BCUT2D eigenvalue weighted by molar-refractivity contribution is 7.89. The largest absolute Gasteiger partial charge is 0.496 e. The van der Waals surface area contributed by atoms with Gasteiger partial charge in [-0.1, -0.05) is 0 Å². The number of methoxy groups -OCH3 is 1. The number of anilines is 1. The second-order valence-corrected chi connectivity index (χ2v) is 4.43. The summed E-state index contributed by atoms with van der Waals surface area (Å²) in [5.74, 6) is 0.447. The second-order valence-electron chi connectivity index (χ2n) is 2.90. The lowest BCUT2D eigenvalue weighted by Crippen LogP contribution is -2.14. The van der Waals surface area contributed by atoms with Gasteiger partial charge in [0, 0.05) is 6.07 Å². The zero-order valence-corrected chi connectivity index (χ0v) is 8.76. The van der Waals surface area contributed by atoms with Crippen LogP contribution in [0, 0.1) is 6.92 Å². The Morgan fingerprint density at radius 1 is 1.36 bits per heavy atom. The third kappa shape index (κ3) is 1.97. The SMILES string of the molecule is COc1cc(S(N)(=O)=O)c(N)cc1C. The molecule has 0 fully saturated rings. The van der Waals surface area contributed by atoms with Crippen LogP contribution in [0.4, 0.5) is 5.69 Å². The van der Waals surface area contributed by atoms with Gasteiger partial charge >= 0.3 is 0 Å². The summed E-state index contributed by atoms with van der Waals surface area (Å²) in [6, 6.07) is 2.83. The Bertz CT molecular complexity index is 454. The van der Waals surface area contributed by atoms with Crippen LogP contribution in [-0.4, -0.2) is 15.5 Å². The van der Waals surface area contributed by atoms with Crippen molar-refractivity contribution in [1.82, 2.24) is 0 Å². The van der Waals surface area contributed by atoms with Crippen molar-refractivity contribution in [3.8, 4) is 5.75 Å². The first-order valence-electron chi connectivity index (χ1n) is 3.83. The minimum absolute atomic E-state index is 0.111. The van der Waals surface area contributed by atoms with E-state index in [1.54, 1.807) is 6.92 Å². The van der Waals surface area contributed by atoms with Crippen molar-refractivity contribution in [1.29, 1.82) is 0 Å². The predicted octanol–water partition coefficient (Wildman–Crippen LogP) is 0.233. The van der Waals surface area contributed by atoms with Crippen LogP contribution in [0.15, 0.2) is 17.0 Å². The molecule has 0 heterocycles. The van der Waals surface area contributed by atoms with Crippen molar-refractivity contribution in [3.63, 3.8) is 0 Å². The molecule has 0 saturated heterocycles. The molecule has 0 unspecified atom stereocenters. The molecular weight excluding hydrogens is 204 g/mol. The number of hydrogen-bond acceptors (Lipinski definition) is 4. The van der Waals surface area contributed by atoms with E-state index >= 15 is 0 Å². The average Bonchev–Trinajstić information content (AvgIpc) is 2.02. The lowest BCUT2D eigenvalue weighted by Gasteiger charge is -2.09. The number of primary sulfonamides is 1. The number of sulfonamides is 1. The quantitative estimate of drug-likeness (QED) is 0.692. The number of aryl methyl sites for hydroxylation is 1. The van der Waals surface area contributed by atoms with Gasteiger partial charge in [0.15, 0.2) is 0 Å². The molecule has 6 heteroatoms. The van der Waals surface area contributed by atoms with Crippen molar-refractivity contribution in [2.45, 2.75) is 11.8 Å². The summed E-state index contributed by atoms with van der Waals surface area (Å²) in [6.45, 7) is 1.77. The summed E-state index contributed by atoms with van der Waals surface area (Å²) in [5.41, 5.74) is 6.41. The van der Waals surface area contributed by atoms with Crippen molar-refractivity contribution < 1.29 is 13.2 Å². The van der Waals surface area contributed by atoms with E-state index in [0.717, 1.165) is 5.56 Å². The van der Waals surface area contributed by atoms with Crippen LogP contribution < -0.4 is 15.6 Å². The fourth-order valence-electron chi connectivity index (χ4n) is 1.16. The highest BCUT2D eigenvalue weighted by Gasteiger charge is 2.14. The molecule has 1 aromatic carbocycles. The molecule has 0 saturated carbocycles. The van der Waals surface area contributed by atoms with Gasteiger partial charge in [-0.25, -0.2) is 13.6 Å². The minimum Gasteiger partial charge on any atom is -0.496 e. The molecule has 0 aliphatic heterocycles. The Morgan fingerprint density at radius 2 is 1.93 bits per heavy atom. The maximum atomic E-state index is 11.1. The fraction of sp³-hybridized carbons (Fsp3) is 0.250. The molecular formula is C8H12N2O3S. The minimum atomic E-state index is -3.79. The molecule has 0 aromatic heterocycles. The first kappa shape index (κ1) is 10.8. The monoisotopic (exact) mass is 216 g/mol.